The second-order valence-corrected chi connectivity index (χ2v) is 4.06. The lowest BCUT2D eigenvalue weighted by molar-refractivity contribution is -0.122. The predicted octanol–water partition coefficient (Wildman–Crippen LogP) is 0.193. The summed E-state index contributed by atoms with van der Waals surface area (Å²) < 4.78 is 1.48. The number of rotatable bonds is 8. The van der Waals surface area contributed by atoms with Crippen LogP contribution in [0.4, 0.5) is 0 Å². The summed E-state index contributed by atoms with van der Waals surface area (Å²) in [6.45, 7) is 3.07. The minimum atomic E-state index is -0.0745. The summed E-state index contributed by atoms with van der Waals surface area (Å²) in [5.74, 6) is 0.277. The van der Waals surface area contributed by atoms with Crippen molar-refractivity contribution in [1.29, 1.82) is 0 Å². The van der Waals surface area contributed by atoms with Crippen molar-refractivity contribution in [3.63, 3.8) is 0 Å². The molecule has 6 heteroatoms. The molecule has 1 aromatic rings. The second-order valence-electron chi connectivity index (χ2n) is 4.06. The van der Waals surface area contributed by atoms with Gasteiger partial charge in [-0.25, -0.2) is 9.67 Å². The maximum atomic E-state index is 11.6. The highest BCUT2D eigenvalue weighted by molar-refractivity contribution is 5.75. The zero-order valence-corrected chi connectivity index (χ0v) is 10.2. The normalized spacial score (nSPS) is 12.4. The zero-order chi connectivity index (χ0) is 12.5. The molecule has 1 heterocycles. The van der Waals surface area contributed by atoms with Crippen LogP contribution in [0.15, 0.2) is 12.7 Å². The van der Waals surface area contributed by atoms with Crippen LogP contribution >= 0.6 is 0 Å². The van der Waals surface area contributed by atoms with Gasteiger partial charge in [-0.3, -0.25) is 4.79 Å². The van der Waals surface area contributed by atoms with Gasteiger partial charge in [0.05, 0.1) is 0 Å². The monoisotopic (exact) mass is 240 g/mol. The van der Waals surface area contributed by atoms with E-state index in [4.69, 9.17) is 5.11 Å². The third kappa shape index (κ3) is 5.44. The molecule has 0 spiro atoms. The van der Waals surface area contributed by atoms with Gasteiger partial charge >= 0.3 is 0 Å². The van der Waals surface area contributed by atoms with Gasteiger partial charge in [-0.05, 0) is 18.8 Å². The highest BCUT2D eigenvalue weighted by atomic mass is 16.3. The third-order valence-electron chi connectivity index (χ3n) is 2.59. The second kappa shape index (κ2) is 7.78. The van der Waals surface area contributed by atoms with E-state index in [0.717, 1.165) is 19.3 Å². The van der Waals surface area contributed by atoms with Crippen LogP contribution in [-0.4, -0.2) is 38.9 Å². The van der Waals surface area contributed by atoms with Crippen molar-refractivity contribution in [2.45, 2.75) is 32.7 Å². The number of hydrogen-bond acceptors (Lipinski definition) is 4. The average Bonchev–Trinajstić information content (AvgIpc) is 2.79. The van der Waals surface area contributed by atoms with E-state index in [9.17, 15) is 4.79 Å². The highest BCUT2D eigenvalue weighted by Gasteiger charge is 2.09. The maximum absolute atomic E-state index is 11.6. The van der Waals surface area contributed by atoms with E-state index in [0.29, 0.717) is 12.5 Å². The Kier molecular flexibility index (Phi) is 6.24. The Morgan fingerprint density at radius 3 is 2.94 bits per heavy atom. The van der Waals surface area contributed by atoms with Crippen molar-refractivity contribution >= 4 is 5.91 Å². The van der Waals surface area contributed by atoms with E-state index < -0.39 is 0 Å². The van der Waals surface area contributed by atoms with Crippen molar-refractivity contribution in [2.75, 3.05) is 13.2 Å². The van der Waals surface area contributed by atoms with Crippen LogP contribution < -0.4 is 5.32 Å². The number of nitrogens with one attached hydrogen (secondary N) is 1. The molecule has 0 saturated heterocycles. The van der Waals surface area contributed by atoms with Crippen LogP contribution in [0.25, 0.3) is 0 Å². The summed E-state index contributed by atoms with van der Waals surface area (Å²) in [6, 6.07) is 0. The number of amides is 1. The van der Waals surface area contributed by atoms with Gasteiger partial charge in [0.2, 0.25) is 5.91 Å². The van der Waals surface area contributed by atoms with E-state index in [1.54, 1.807) is 0 Å². The van der Waals surface area contributed by atoms with E-state index >= 15 is 0 Å². The van der Waals surface area contributed by atoms with Crippen molar-refractivity contribution in [1.82, 2.24) is 20.1 Å². The average molecular weight is 240 g/mol. The molecule has 0 fully saturated rings. The predicted molar refractivity (Wildman–Crippen MR) is 63.1 cm³/mol. The smallest absolute Gasteiger partial charge is 0.241 e. The Morgan fingerprint density at radius 2 is 2.35 bits per heavy atom. The number of carbonyl (C=O) groups excluding carboxylic acids is 1. The number of aromatic nitrogens is 3. The molecule has 1 atom stereocenters. The molecule has 1 rings (SSSR count). The number of carbonyl (C=O) groups is 1. The van der Waals surface area contributed by atoms with Gasteiger partial charge in [0.15, 0.2) is 0 Å². The molecular weight excluding hydrogens is 220 g/mol. The molecule has 0 bridgehead atoms. The first-order valence-electron chi connectivity index (χ1n) is 5.96. The lowest BCUT2D eigenvalue weighted by Crippen LogP contribution is -2.32. The quantitative estimate of drug-likeness (QED) is 0.680. The number of nitrogens with zero attached hydrogens (tertiary/aromatic N) is 3. The first-order valence-corrected chi connectivity index (χ1v) is 5.96. The molecule has 96 valence electrons. The maximum Gasteiger partial charge on any atom is 0.241 e. The summed E-state index contributed by atoms with van der Waals surface area (Å²) in [4.78, 5) is 15.3. The minimum Gasteiger partial charge on any atom is -0.396 e. The van der Waals surface area contributed by atoms with Gasteiger partial charge in [-0.1, -0.05) is 13.3 Å². The Morgan fingerprint density at radius 1 is 1.53 bits per heavy atom. The summed E-state index contributed by atoms with van der Waals surface area (Å²) in [6.07, 6.45) is 5.72. The SMILES string of the molecule is CCCC(CCO)CNC(=O)Cn1cncn1. The van der Waals surface area contributed by atoms with Gasteiger partial charge in [0.1, 0.15) is 19.2 Å². The first-order chi connectivity index (χ1) is 8.26. The fourth-order valence-corrected chi connectivity index (χ4v) is 1.71. The van der Waals surface area contributed by atoms with Crippen LogP contribution in [0.3, 0.4) is 0 Å². The molecule has 0 aliphatic carbocycles. The van der Waals surface area contributed by atoms with Crippen molar-refractivity contribution in [3.8, 4) is 0 Å². The molecule has 0 aliphatic rings. The van der Waals surface area contributed by atoms with Crippen LogP contribution in [-0.2, 0) is 11.3 Å². The molecule has 1 aromatic heterocycles. The van der Waals surface area contributed by atoms with E-state index in [1.807, 2.05) is 0 Å². The Labute approximate surface area is 101 Å². The van der Waals surface area contributed by atoms with Crippen molar-refractivity contribution < 1.29 is 9.90 Å². The molecule has 1 amide bonds. The summed E-state index contributed by atoms with van der Waals surface area (Å²) >= 11 is 0. The van der Waals surface area contributed by atoms with Crippen LogP contribution in [0.1, 0.15) is 26.2 Å². The van der Waals surface area contributed by atoms with Crippen molar-refractivity contribution in [2.24, 2.45) is 5.92 Å². The lowest BCUT2D eigenvalue weighted by Gasteiger charge is -2.15. The topological polar surface area (TPSA) is 80.0 Å². The Hall–Kier alpha value is -1.43. The number of hydrogen-bond donors (Lipinski definition) is 2. The Bertz CT molecular complexity index is 307. The van der Waals surface area contributed by atoms with E-state index in [1.165, 1.54) is 17.3 Å². The third-order valence-corrected chi connectivity index (χ3v) is 2.59. The number of aliphatic hydroxyl groups is 1. The highest BCUT2D eigenvalue weighted by Crippen LogP contribution is 2.09. The zero-order valence-electron chi connectivity index (χ0n) is 10.2. The molecule has 2 N–H and O–H groups in total. The fraction of sp³-hybridized carbons (Fsp3) is 0.727. The molecule has 17 heavy (non-hydrogen) atoms. The van der Waals surface area contributed by atoms with Gasteiger partial charge in [-0.15, -0.1) is 0 Å². The van der Waals surface area contributed by atoms with E-state index in [-0.39, 0.29) is 19.1 Å². The van der Waals surface area contributed by atoms with Gasteiger partial charge in [0, 0.05) is 13.2 Å². The molecule has 0 aliphatic heterocycles. The summed E-state index contributed by atoms with van der Waals surface area (Å²) in [5, 5.41) is 15.6. The standard InChI is InChI=1S/C11H20N4O2/c1-2-3-10(4-5-16)6-13-11(17)7-15-9-12-8-14-15/h8-10,16H,2-7H2,1H3,(H,13,17). The van der Waals surface area contributed by atoms with Gasteiger partial charge < -0.3 is 10.4 Å². The van der Waals surface area contributed by atoms with E-state index in [2.05, 4.69) is 22.3 Å². The van der Waals surface area contributed by atoms with Crippen LogP contribution in [0.5, 0.6) is 0 Å². The van der Waals surface area contributed by atoms with Crippen molar-refractivity contribution in [3.05, 3.63) is 12.7 Å². The largest absolute Gasteiger partial charge is 0.396 e. The summed E-state index contributed by atoms with van der Waals surface area (Å²) in [7, 11) is 0. The molecule has 0 saturated carbocycles. The minimum absolute atomic E-state index is 0.0745. The Balaban J connectivity index is 2.25. The lowest BCUT2D eigenvalue weighted by atomic mass is 10.0. The molecule has 0 radical (unpaired) electrons. The first kappa shape index (κ1) is 13.6. The van der Waals surface area contributed by atoms with Crippen LogP contribution in [0, 0.1) is 5.92 Å². The fourth-order valence-electron chi connectivity index (χ4n) is 1.71. The number of aliphatic hydroxyl groups excluding tert-OH is 1. The molecule has 1 unspecified atom stereocenters. The molecule has 0 aromatic carbocycles. The van der Waals surface area contributed by atoms with Crippen LogP contribution in [0.2, 0.25) is 0 Å². The van der Waals surface area contributed by atoms with Gasteiger partial charge in [-0.2, -0.15) is 5.10 Å². The molecule has 6 nitrogen and oxygen atoms in total. The molecular formula is C11H20N4O2. The van der Waals surface area contributed by atoms with Gasteiger partial charge in [0.25, 0.3) is 0 Å². The summed E-state index contributed by atoms with van der Waals surface area (Å²) in [5.41, 5.74) is 0.